The van der Waals surface area contributed by atoms with Gasteiger partial charge in [0.05, 0.1) is 6.61 Å². The molecule has 4 heteroatoms. The standard InChI is InChI=1S/C17H18FNO2/c1-3-21-17(20)16(13-9-7-12(2)8-10-13)19-15-6-4-5-14(18)11-15/h4-11,16,19H,3H2,1-2H3. The molecule has 0 spiro atoms. The van der Waals surface area contributed by atoms with E-state index in [4.69, 9.17) is 4.74 Å². The SMILES string of the molecule is CCOC(=O)C(Nc1cccc(F)c1)c1ccc(C)cc1. The quantitative estimate of drug-likeness (QED) is 0.849. The van der Waals surface area contributed by atoms with Gasteiger partial charge in [-0.2, -0.15) is 0 Å². The number of rotatable bonds is 5. The highest BCUT2D eigenvalue weighted by atomic mass is 19.1. The van der Waals surface area contributed by atoms with Crippen molar-refractivity contribution in [1.82, 2.24) is 0 Å². The zero-order chi connectivity index (χ0) is 15.2. The Bertz CT molecular complexity index is 610. The van der Waals surface area contributed by atoms with Crippen LogP contribution in [0.15, 0.2) is 48.5 Å². The Kier molecular flexibility index (Phi) is 4.93. The lowest BCUT2D eigenvalue weighted by Gasteiger charge is -2.19. The summed E-state index contributed by atoms with van der Waals surface area (Å²) in [7, 11) is 0. The summed E-state index contributed by atoms with van der Waals surface area (Å²) in [5.74, 6) is -0.739. The molecule has 0 saturated heterocycles. The second-order valence-corrected chi connectivity index (χ2v) is 4.75. The van der Waals surface area contributed by atoms with E-state index in [1.54, 1.807) is 19.1 Å². The maximum Gasteiger partial charge on any atom is 0.333 e. The average molecular weight is 287 g/mol. The van der Waals surface area contributed by atoms with E-state index >= 15 is 0 Å². The number of carbonyl (C=O) groups is 1. The van der Waals surface area contributed by atoms with Crippen LogP contribution >= 0.6 is 0 Å². The number of hydrogen-bond acceptors (Lipinski definition) is 3. The molecule has 0 amide bonds. The molecule has 0 aromatic heterocycles. The van der Waals surface area contributed by atoms with Crippen LogP contribution in [0.1, 0.15) is 24.1 Å². The number of nitrogens with one attached hydrogen (secondary N) is 1. The van der Waals surface area contributed by atoms with Gasteiger partial charge in [-0.25, -0.2) is 9.18 Å². The van der Waals surface area contributed by atoms with Crippen molar-refractivity contribution in [3.63, 3.8) is 0 Å². The van der Waals surface area contributed by atoms with Gasteiger partial charge in [-0.15, -0.1) is 0 Å². The molecule has 2 rings (SSSR count). The second-order valence-electron chi connectivity index (χ2n) is 4.75. The van der Waals surface area contributed by atoms with Gasteiger partial charge in [0.25, 0.3) is 0 Å². The molecule has 2 aromatic carbocycles. The second kappa shape index (κ2) is 6.88. The van der Waals surface area contributed by atoms with E-state index in [0.717, 1.165) is 11.1 Å². The average Bonchev–Trinajstić information content (AvgIpc) is 2.46. The first-order valence-electron chi connectivity index (χ1n) is 6.85. The number of esters is 1. The first-order chi connectivity index (χ1) is 10.1. The highest BCUT2D eigenvalue weighted by Crippen LogP contribution is 2.22. The molecule has 2 aromatic rings. The number of hydrogen-bond donors (Lipinski definition) is 1. The van der Waals surface area contributed by atoms with Crippen LogP contribution in [0, 0.1) is 12.7 Å². The summed E-state index contributed by atoms with van der Waals surface area (Å²) < 4.78 is 18.4. The lowest BCUT2D eigenvalue weighted by molar-refractivity contribution is -0.144. The Morgan fingerprint density at radius 3 is 2.57 bits per heavy atom. The fourth-order valence-corrected chi connectivity index (χ4v) is 2.01. The van der Waals surface area contributed by atoms with Gasteiger partial charge in [-0.1, -0.05) is 35.9 Å². The molecular formula is C17H18FNO2. The topological polar surface area (TPSA) is 38.3 Å². The van der Waals surface area contributed by atoms with Crippen molar-refractivity contribution in [3.8, 4) is 0 Å². The minimum atomic E-state index is -0.660. The summed E-state index contributed by atoms with van der Waals surface area (Å²) in [6.45, 7) is 4.03. The first-order valence-corrected chi connectivity index (χ1v) is 6.85. The number of ether oxygens (including phenoxy) is 1. The fraction of sp³-hybridized carbons (Fsp3) is 0.235. The molecule has 110 valence electrons. The third-order valence-electron chi connectivity index (χ3n) is 3.07. The van der Waals surface area contributed by atoms with Crippen LogP contribution in [0.25, 0.3) is 0 Å². The first kappa shape index (κ1) is 15.0. The molecular weight excluding hydrogens is 269 g/mol. The molecule has 0 radical (unpaired) electrons. The highest BCUT2D eigenvalue weighted by molar-refractivity contribution is 5.81. The van der Waals surface area contributed by atoms with Crippen LogP contribution in [-0.2, 0) is 9.53 Å². The van der Waals surface area contributed by atoms with E-state index in [-0.39, 0.29) is 11.8 Å². The summed E-state index contributed by atoms with van der Waals surface area (Å²) in [6.07, 6.45) is 0. The van der Waals surface area contributed by atoms with Crippen LogP contribution in [0.2, 0.25) is 0 Å². The third kappa shape index (κ3) is 4.05. The van der Waals surface area contributed by atoms with Crippen molar-refractivity contribution in [1.29, 1.82) is 0 Å². The zero-order valence-corrected chi connectivity index (χ0v) is 12.1. The van der Waals surface area contributed by atoms with Crippen molar-refractivity contribution in [2.24, 2.45) is 0 Å². The van der Waals surface area contributed by atoms with Crippen molar-refractivity contribution in [2.75, 3.05) is 11.9 Å². The smallest absolute Gasteiger partial charge is 0.333 e. The van der Waals surface area contributed by atoms with Gasteiger partial charge < -0.3 is 10.1 Å². The molecule has 0 aliphatic heterocycles. The van der Waals surface area contributed by atoms with E-state index in [1.165, 1.54) is 12.1 Å². The van der Waals surface area contributed by atoms with E-state index in [1.807, 2.05) is 31.2 Å². The normalized spacial score (nSPS) is 11.8. The van der Waals surface area contributed by atoms with Crippen LogP contribution in [0.5, 0.6) is 0 Å². The van der Waals surface area contributed by atoms with Gasteiger partial charge in [0, 0.05) is 5.69 Å². The highest BCUT2D eigenvalue weighted by Gasteiger charge is 2.21. The van der Waals surface area contributed by atoms with Crippen LogP contribution in [0.4, 0.5) is 10.1 Å². The van der Waals surface area contributed by atoms with E-state index < -0.39 is 6.04 Å². The number of aryl methyl sites for hydroxylation is 1. The van der Waals surface area contributed by atoms with E-state index in [9.17, 15) is 9.18 Å². The van der Waals surface area contributed by atoms with Gasteiger partial charge in [-0.05, 0) is 37.6 Å². The van der Waals surface area contributed by atoms with Crippen molar-refractivity contribution in [2.45, 2.75) is 19.9 Å². The maximum absolute atomic E-state index is 13.3. The largest absolute Gasteiger partial charge is 0.464 e. The van der Waals surface area contributed by atoms with Crippen LogP contribution in [0.3, 0.4) is 0 Å². The molecule has 0 aliphatic carbocycles. The molecule has 0 aliphatic rings. The summed E-state index contributed by atoms with van der Waals surface area (Å²) in [5, 5.41) is 3.03. The molecule has 1 atom stereocenters. The Morgan fingerprint density at radius 2 is 1.95 bits per heavy atom. The minimum Gasteiger partial charge on any atom is -0.464 e. The van der Waals surface area contributed by atoms with Gasteiger partial charge in [0.2, 0.25) is 0 Å². The van der Waals surface area contributed by atoms with E-state index in [0.29, 0.717) is 12.3 Å². The van der Waals surface area contributed by atoms with Crippen molar-refractivity contribution < 1.29 is 13.9 Å². The van der Waals surface area contributed by atoms with Gasteiger partial charge >= 0.3 is 5.97 Å². The summed E-state index contributed by atoms with van der Waals surface area (Å²) in [6, 6.07) is 12.9. The Labute approximate surface area is 123 Å². The Morgan fingerprint density at radius 1 is 1.24 bits per heavy atom. The predicted molar refractivity (Wildman–Crippen MR) is 80.6 cm³/mol. The molecule has 0 bridgehead atoms. The van der Waals surface area contributed by atoms with Crippen molar-refractivity contribution >= 4 is 11.7 Å². The Hall–Kier alpha value is -2.36. The van der Waals surface area contributed by atoms with Gasteiger partial charge in [0.15, 0.2) is 6.04 Å². The molecule has 0 heterocycles. The summed E-state index contributed by atoms with van der Waals surface area (Å²) in [4.78, 5) is 12.1. The monoisotopic (exact) mass is 287 g/mol. The summed E-state index contributed by atoms with van der Waals surface area (Å²) in [5.41, 5.74) is 2.42. The van der Waals surface area contributed by atoms with Crippen LogP contribution in [-0.4, -0.2) is 12.6 Å². The molecule has 0 fully saturated rings. The number of anilines is 1. The number of carbonyl (C=O) groups excluding carboxylic acids is 1. The molecule has 0 saturated carbocycles. The molecule has 1 unspecified atom stereocenters. The van der Waals surface area contributed by atoms with Gasteiger partial charge in [0.1, 0.15) is 5.82 Å². The molecule has 3 nitrogen and oxygen atoms in total. The lowest BCUT2D eigenvalue weighted by Crippen LogP contribution is -2.23. The summed E-state index contributed by atoms with van der Waals surface area (Å²) >= 11 is 0. The zero-order valence-electron chi connectivity index (χ0n) is 12.1. The minimum absolute atomic E-state index is 0.298. The fourth-order valence-electron chi connectivity index (χ4n) is 2.01. The molecule has 1 N–H and O–H groups in total. The predicted octanol–water partition coefficient (Wildman–Crippen LogP) is 3.85. The van der Waals surface area contributed by atoms with Crippen molar-refractivity contribution in [3.05, 3.63) is 65.5 Å². The van der Waals surface area contributed by atoms with Crippen LogP contribution < -0.4 is 5.32 Å². The maximum atomic E-state index is 13.3. The number of halogens is 1. The van der Waals surface area contributed by atoms with Gasteiger partial charge in [-0.3, -0.25) is 0 Å². The lowest BCUT2D eigenvalue weighted by atomic mass is 10.0. The molecule has 21 heavy (non-hydrogen) atoms. The van der Waals surface area contributed by atoms with E-state index in [2.05, 4.69) is 5.32 Å². The number of benzene rings is 2. The third-order valence-corrected chi connectivity index (χ3v) is 3.07. The Balaban J connectivity index is 2.27.